The molecule has 1 fully saturated rings. The highest BCUT2D eigenvalue weighted by Gasteiger charge is 2.31. The summed E-state index contributed by atoms with van der Waals surface area (Å²) in [5.41, 5.74) is 1.21. The molecule has 1 saturated carbocycles. The van der Waals surface area contributed by atoms with Crippen molar-refractivity contribution >= 4 is 0 Å². The molecule has 1 unspecified atom stereocenters. The van der Waals surface area contributed by atoms with Gasteiger partial charge in [0.2, 0.25) is 0 Å². The molecular formula is C13H16N2. The second-order valence-electron chi connectivity index (χ2n) is 4.29. The van der Waals surface area contributed by atoms with Gasteiger partial charge < -0.3 is 4.90 Å². The molecule has 15 heavy (non-hydrogen) atoms. The third kappa shape index (κ3) is 2.50. The number of rotatable bonds is 4. The number of nitriles is 1. The lowest BCUT2D eigenvalue weighted by Crippen LogP contribution is -2.29. The molecule has 2 rings (SSSR count). The van der Waals surface area contributed by atoms with Crippen LogP contribution in [0.15, 0.2) is 30.3 Å². The molecule has 0 amide bonds. The van der Waals surface area contributed by atoms with Gasteiger partial charge in [0, 0.05) is 6.04 Å². The zero-order valence-electron chi connectivity index (χ0n) is 9.06. The Balaban J connectivity index is 1.99. The maximum atomic E-state index is 9.11. The van der Waals surface area contributed by atoms with Gasteiger partial charge in [-0.05, 0) is 31.2 Å². The van der Waals surface area contributed by atoms with E-state index in [-0.39, 0.29) is 0 Å². The fourth-order valence-corrected chi connectivity index (χ4v) is 1.88. The normalized spacial score (nSPS) is 16.8. The number of benzene rings is 1. The van der Waals surface area contributed by atoms with Crippen molar-refractivity contribution < 1.29 is 0 Å². The summed E-state index contributed by atoms with van der Waals surface area (Å²) >= 11 is 0. The molecule has 0 spiro atoms. The first-order valence-electron chi connectivity index (χ1n) is 5.51. The summed E-state index contributed by atoms with van der Waals surface area (Å²) in [7, 11) is 0. The van der Waals surface area contributed by atoms with E-state index in [1.165, 1.54) is 18.4 Å². The van der Waals surface area contributed by atoms with Gasteiger partial charge in [0.1, 0.15) is 0 Å². The van der Waals surface area contributed by atoms with Crippen molar-refractivity contribution in [3.05, 3.63) is 35.9 Å². The Kier molecular flexibility index (Phi) is 2.91. The number of nitrogens with zero attached hydrogens (tertiary/aromatic N) is 2. The van der Waals surface area contributed by atoms with Gasteiger partial charge in [-0.2, -0.15) is 5.26 Å². The summed E-state index contributed by atoms with van der Waals surface area (Å²) in [6.07, 6.45) is 4.88. The predicted molar refractivity (Wildman–Crippen MR) is 59.8 cm³/mol. The van der Waals surface area contributed by atoms with E-state index >= 15 is 0 Å². The third-order valence-electron chi connectivity index (χ3n) is 3.12. The molecule has 0 aromatic heterocycles. The smallest absolute Gasteiger partial charge is 0.179 e. The van der Waals surface area contributed by atoms with Crippen LogP contribution >= 0.6 is 0 Å². The number of hydrogen-bond acceptors (Lipinski definition) is 2. The van der Waals surface area contributed by atoms with E-state index in [1.54, 1.807) is 0 Å². The highest BCUT2D eigenvalue weighted by Crippen LogP contribution is 2.35. The van der Waals surface area contributed by atoms with Crippen molar-refractivity contribution in [1.82, 2.24) is 4.90 Å². The molecule has 78 valence electrons. The Morgan fingerprint density at radius 2 is 2.07 bits per heavy atom. The quantitative estimate of drug-likeness (QED) is 0.552. The van der Waals surface area contributed by atoms with Crippen LogP contribution in [0, 0.1) is 17.4 Å². The van der Waals surface area contributed by atoms with Crippen LogP contribution in [0.4, 0.5) is 0 Å². The van der Waals surface area contributed by atoms with E-state index in [2.05, 4.69) is 25.2 Å². The molecule has 2 heteroatoms. The van der Waals surface area contributed by atoms with Crippen molar-refractivity contribution in [2.45, 2.75) is 32.4 Å². The number of hydrogen-bond donors (Lipinski definition) is 0. The van der Waals surface area contributed by atoms with Crippen LogP contribution < -0.4 is 0 Å². The van der Waals surface area contributed by atoms with Crippen LogP contribution in [0.1, 0.15) is 25.3 Å². The average molecular weight is 200 g/mol. The average Bonchev–Trinajstić information content (AvgIpc) is 3.10. The molecule has 0 saturated heterocycles. The standard InChI is InChI=1S/C13H16N2/c1-11(13-7-8-13)15(10-14)9-12-5-3-2-4-6-12/h2-6,11,13H,7-9H2,1H3. The molecule has 0 radical (unpaired) electrons. The summed E-state index contributed by atoms with van der Waals surface area (Å²) in [6.45, 7) is 2.90. The summed E-state index contributed by atoms with van der Waals surface area (Å²) in [5, 5.41) is 9.11. The first-order valence-corrected chi connectivity index (χ1v) is 5.51. The molecule has 1 atom stereocenters. The van der Waals surface area contributed by atoms with E-state index in [0.29, 0.717) is 6.04 Å². The molecule has 1 aliphatic carbocycles. The van der Waals surface area contributed by atoms with Gasteiger partial charge in [-0.15, -0.1) is 0 Å². The van der Waals surface area contributed by atoms with Crippen molar-refractivity contribution in [3.63, 3.8) is 0 Å². The SMILES string of the molecule is CC(C1CC1)N(C#N)Cc1ccccc1. The highest BCUT2D eigenvalue weighted by atomic mass is 15.1. The first kappa shape index (κ1) is 10.0. The first-order chi connectivity index (χ1) is 7.31. The monoisotopic (exact) mass is 200 g/mol. The second kappa shape index (κ2) is 4.35. The van der Waals surface area contributed by atoms with E-state index < -0.39 is 0 Å². The predicted octanol–water partition coefficient (Wildman–Crippen LogP) is 2.77. The van der Waals surface area contributed by atoms with E-state index in [1.807, 2.05) is 23.1 Å². The summed E-state index contributed by atoms with van der Waals surface area (Å²) < 4.78 is 0. The van der Waals surface area contributed by atoms with Gasteiger partial charge in [-0.25, -0.2) is 0 Å². The summed E-state index contributed by atoms with van der Waals surface area (Å²) in [5.74, 6) is 0.744. The molecule has 1 aromatic carbocycles. The Morgan fingerprint density at radius 1 is 1.40 bits per heavy atom. The maximum Gasteiger partial charge on any atom is 0.179 e. The van der Waals surface area contributed by atoms with Gasteiger partial charge in [-0.1, -0.05) is 30.3 Å². The Hall–Kier alpha value is -1.49. The molecule has 0 heterocycles. The third-order valence-corrected chi connectivity index (χ3v) is 3.12. The molecule has 2 nitrogen and oxygen atoms in total. The zero-order valence-corrected chi connectivity index (χ0v) is 9.06. The van der Waals surface area contributed by atoms with E-state index in [9.17, 15) is 0 Å². The highest BCUT2D eigenvalue weighted by molar-refractivity contribution is 5.15. The minimum absolute atomic E-state index is 0.398. The molecule has 0 bridgehead atoms. The minimum atomic E-state index is 0.398. The lowest BCUT2D eigenvalue weighted by atomic mass is 10.1. The van der Waals surface area contributed by atoms with Crippen molar-refractivity contribution in [2.24, 2.45) is 5.92 Å². The van der Waals surface area contributed by atoms with Crippen LogP contribution in [0.2, 0.25) is 0 Å². The van der Waals surface area contributed by atoms with Gasteiger partial charge in [0.05, 0.1) is 6.54 Å². The molecule has 0 N–H and O–H groups in total. The molecule has 1 aromatic rings. The summed E-state index contributed by atoms with van der Waals surface area (Å²) in [6, 6.07) is 10.6. The fraction of sp³-hybridized carbons (Fsp3) is 0.462. The van der Waals surface area contributed by atoms with Crippen molar-refractivity contribution in [3.8, 4) is 6.19 Å². The second-order valence-corrected chi connectivity index (χ2v) is 4.29. The van der Waals surface area contributed by atoms with Crippen LogP contribution in [0.5, 0.6) is 0 Å². The lowest BCUT2D eigenvalue weighted by Gasteiger charge is -2.23. The van der Waals surface area contributed by atoms with Gasteiger partial charge in [0.25, 0.3) is 0 Å². The van der Waals surface area contributed by atoms with Crippen molar-refractivity contribution in [1.29, 1.82) is 5.26 Å². The fourth-order valence-electron chi connectivity index (χ4n) is 1.88. The zero-order chi connectivity index (χ0) is 10.7. The Labute approximate surface area is 91.1 Å². The van der Waals surface area contributed by atoms with Crippen molar-refractivity contribution in [2.75, 3.05) is 0 Å². The maximum absolute atomic E-state index is 9.11. The topological polar surface area (TPSA) is 27.0 Å². The van der Waals surface area contributed by atoms with E-state index in [0.717, 1.165) is 12.5 Å². The molecular weight excluding hydrogens is 184 g/mol. The van der Waals surface area contributed by atoms with Gasteiger partial charge in [0.15, 0.2) is 6.19 Å². The Bertz CT molecular complexity index is 349. The summed E-state index contributed by atoms with van der Waals surface area (Å²) in [4.78, 5) is 1.90. The van der Waals surface area contributed by atoms with Crippen LogP contribution in [0.3, 0.4) is 0 Å². The largest absolute Gasteiger partial charge is 0.303 e. The van der Waals surface area contributed by atoms with Crippen LogP contribution in [-0.2, 0) is 6.54 Å². The lowest BCUT2D eigenvalue weighted by molar-refractivity contribution is 0.272. The molecule has 0 aliphatic heterocycles. The Morgan fingerprint density at radius 3 is 2.60 bits per heavy atom. The van der Waals surface area contributed by atoms with Crippen LogP contribution in [-0.4, -0.2) is 10.9 Å². The van der Waals surface area contributed by atoms with Gasteiger partial charge in [-0.3, -0.25) is 0 Å². The van der Waals surface area contributed by atoms with Crippen LogP contribution in [0.25, 0.3) is 0 Å². The minimum Gasteiger partial charge on any atom is -0.303 e. The van der Waals surface area contributed by atoms with E-state index in [4.69, 9.17) is 5.26 Å². The van der Waals surface area contributed by atoms with Gasteiger partial charge >= 0.3 is 0 Å². The molecule has 1 aliphatic rings.